The third-order valence-electron chi connectivity index (χ3n) is 4.98. The van der Waals surface area contributed by atoms with Crippen molar-refractivity contribution in [1.29, 1.82) is 0 Å². The number of fused-ring (bicyclic) bond motifs is 2. The molecule has 1 aliphatic carbocycles. The largest absolute Gasteiger partial charge is 0.481 e. The summed E-state index contributed by atoms with van der Waals surface area (Å²) in [5.74, 6) is 0.761. The predicted octanol–water partition coefficient (Wildman–Crippen LogP) is 1.89. The first kappa shape index (κ1) is 12.0. The summed E-state index contributed by atoms with van der Waals surface area (Å²) in [6, 6.07) is 0.654. The van der Waals surface area contributed by atoms with Crippen molar-refractivity contribution in [2.24, 2.45) is 17.8 Å². The summed E-state index contributed by atoms with van der Waals surface area (Å²) in [4.78, 5) is 25.3. The highest BCUT2D eigenvalue weighted by molar-refractivity contribution is 5.82. The number of carbonyl (C=O) groups excluding carboxylic acids is 1. The Balaban J connectivity index is 1.66. The van der Waals surface area contributed by atoms with E-state index in [1.54, 1.807) is 0 Å². The minimum atomic E-state index is -0.699. The summed E-state index contributed by atoms with van der Waals surface area (Å²) in [6.07, 6.45) is 5.27. The van der Waals surface area contributed by atoms with E-state index in [1.165, 1.54) is 0 Å². The number of rotatable bonds is 3. The first-order valence-electron chi connectivity index (χ1n) is 7.10. The van der Waals surface area contributed by atoms with Crippen LogP contribution in [0.3, 0.4) is 0 Å². The average molecular weight is 251 g/mol. The molecule has 0 aromatic rings. The van der Waals surface area contributed by atoms with Crippen LogP contribution in [0.2, 0.25) is 0 Å². The fraction of sp³-hybridized carbons (Fsp3) is 0.857. The summed E-state index contributed by atoms with van der Waals surface area (Å²) in [5, 5.41) is 8.89. The van der Waals surface area contributed by atoms with Crippen molar-refractivity contribution in [3.05, 3.63) is 0 Å². The zero-order valence-corrected chi connectivity index (χ0v) is 10.8. The van der Waals surface area contributed by atoms with Crippen LogP contribution in [-0.2, 0) is 9.59 Å². The lowest BCUT2D eigenvalue weighted by molar-refractivity contribution is -0.140. The van der Waals surface area contributed by atoms with Gasteiger partial charge < -0.3 is 10.0 Å². The Bertz CT molecular complexity index is 367. The van der Waals surface area contributed by atoms with Crippen LogP contribution >= 0.6 is 0 Å². The van der Waals surface area contributed by atoms with E-state index >= 15 is 0 Å². The summed E-state index contributed by atoms with van der Waals surface area (Å²) in [6.45, 7) is 2.14. The van der Waals surface area contributed by atoms with E-state index in [-0.39, 0.29) is 18.3 Å². The van der Waals surface area contributed by atoms with Gasteiger partial charge in [0.25, 0.3) is 0 Å². The van der Waals surface area contributed by atoms with Gasteiger partial charge in [-0.05, 0) is 43.9 Å². The van der Waals surface area contributed by atoms with Crippen LogP contribution in [0, 0.1) is 17.8 Å². The van der Waals surface area contributed by atoms with Crippen molar-refractivity contribution in [3.63, 3.8) is 0 Å². The lowest BCUT2D eigenvalue weighted by Gasteiger charge is -2.39. The maximum atomic E-state index is 12.4. The number of carboxylic acids is 1. The fourth-order valence-corrected chi connectivity index (χ4v) is 3.92. The van der Waals surface area contributed by atoms with Crippen LogP contribution < -0.4 is 0 Å². The Morgan fingerprint density at radius 3 is 2.17 bits per heavy atom. The minimum absolute atomic E-state index is 0.268. The topological polar surface area (TPSA) is 57.6 Å². The number of nitrogens with zero attached hydrogens (tertiary/aromatic N) is 1. The van der Waals surface area contributed by atoms with Gasteiger partial charge in [-0.3, -0.25) is 9.59 Å². The second kappa shape index (κ2) is 4.25. The van der Waals surface area contributed by atoms with Gasteiger partial charge in [-0.1, -0.05) is 6.92 Å². The predicted molar refractivity (Wildman–Crippen MR) is 65.9 cm³/mol. The maximum absolute atomic E-state index is 12.4. The molecule has 1 amide bonds. The number of hydrogen-bond acceptors (Lipinski definition) is 2. The monoisotopic (exact) mass is 251 g/mol. The molecule has 4 unspecified atom stereocenters. The van der Waals surface area contributed by atoms with Crippen LogP contribution in [0.1, 0.15) is 45.4 Å². The number of carboxylic acid groups (broad SMARTS) is 1. The lowest BCUT2D eigenvalue weighted by atomic mass is 9.88. The molecule has 2 aliphatic heterocycles. The van der Waals surface area contributed by atoms with Crippen LogP contribution in [0.15, 0.2) is 0 Å². The second-order valence-electron chi connectivity index (χ2n) is 6.39. The van der Waals surface area contributed by atoms with E-state index in [9.17, 15) is 9.59 Å². The van der Waals surface area contributed by atoms with Gasteiger partial charge in [-0.2, -0.15) is 0 Å². The number of hydrogen-bond donors (Lipinski definition) is 1. The summed E-state index contributed by atoms with van der Waals surface area (Å²) in [7, 11) is 0. The molecule has 1 saturated carbocycles. The molecule has 0 aromatic carbocycles. The van der Waals surface area contributed by atoms with Crippen molar-refractivity contribution in [2.75, 3.05) is 0 Å². The number of aliphatic carboxylic acids is 1. The Hall–Kier alpha value is -1.06. The molecular weight excluding hydrogens is 230 g/mol. The van der Waals surface area contributed by atoms with Crippen molar-refractivity contribution < 1.29 is 14.7 Å². The molecule has 2 saturated heterocycles. The van der Waals surface area contributed by atoms with Crippen LogP contribution in [0.25, 0.3) is 0 Å². The molecule has 2 heterocycles. The van der Waals surface area contributed by atoms with E-state index in [4.69, 9.17) is 5.11 Å². The molecule has 0 aromatic heterocycles. The van der Waals surface area contributed by atoms with Gasteiger partial charge in [-0.25, -0.2) is 0 Å². The molecule has 18 heavy (non-hydrogen) atoms. The zero-order valence-electron chi connectivity index (χ0n) is 10.8. The SMILES string of the molecule is CC1CC1C(=O)N1C2CCC1CC(CC(=O)O)C2. The summed E-state index contributed by atoms with van der Waals surface area (Å²) in [5.41, 5.74) is 0. The second-order valence-corrected chi connectivity index (χ2v) is 6.39. The first-order chi connectivity index (χ1) is 8.56. The Labute approximate surface area is 107 Å². The molecule has 0 radical (unpaired) electrons. The van der Waals surface area contributed by atoms with Gasteiger partial charge in [0.2, 0.25) is 5.91 Å². The quantitative estimate of drug-likeness (QED) is 0.833. The van der Waals surface area contributed by atoms with E-state index in [0.29, 0.717) is 23.9 Å². The van der Waals surface area contributed by atoms with Gasteiger partial charge in [0.1, 0.15) is 0 Å². The highest BCUT2D eigenvalue weighted by Gasteiger charge is 2.49. The fourth-order valence-electron chi connectivity index (χ4n) is 3.92. The molecule has 3 fully saturated rings. The Kier molecular flexibility index (Phi) is 2.83. The van der Waals surface area contributed by atoms with Crippen LogP contribution in [0.4, 0.5) is 0 Å². The van der Waals surface area contributed by atoms with Gasteiger partial charge in [0.15, 0.2) is 0 Å². The number of piperidine rings is 1. The molecule has 100 valence electrons. The number of amides is 1. The van der Waals surface area contributed by atoms with E-state index < -0.39 is 5.97 Å². The van der Waals surface area contributed by atoms with Crippen molar-refractivity contribution in [1.82, 2.24) is 4.90 Å². The Morgan fingerprint density at radius 1 is 1.17 bits per heavy atom. The van der Waals surface area contributed by atoms with E-state index in [2.05, 4.69) is 11.8 Å². The molecule has 0 spiro atoms. The van der Waals surface area contributed by atoms with E-state index in [0.717, 1.165) is 32.1 Å². The third-order valence-corrected chi connectivity index (χ3v) is 4.98. The zero-order chi connectivity index (χ0) is 12.9. The smallest absolute Gasteiger partial charge is 0.303 e. The molecule has 1 N–H and O–H groups in total. The molecule has 4 nitrogen and oxygen atoms in total. The first-order valence-corrected chi connectivity index (χ1v) is 7.10. The molecular formula is C14H21NO3. The van der Waals surface area contributed by atoms with E-state index in [1.807, 2.05) is 0 Å². The molecule has 3 rings (SSSR count). The summed E-state index contributed by atoms with van der Waals surface area (Å²) >= 11 is 0. The molecule has 2 bridgehead atoms. The van der Waals surface area contributed by atoms with Gasteiger partial charge >= 0.3 is 5.97 Å². The maximum Gasteiger partial charge on any atom is 0.303 e. The van der Waals surface area contributed by atoms with Gasteiger partial charge in [0.05, 0.1) is 0 Å². The highest BCUT2D eigenvalue weighted by atomic mass is 16.4. The van der Waals surface area contributed by atoms with Gasteiger partial charge in [-0.15, -0.1) is 0 Å². The standard InChI is InChI=1S/C14H21NO3/c1-8-4-12(8)14(18)15-10-2-3-11(15)6-9(5-10)7-13(16)17/h8-12H,2-7H2,1H3,(H,16,17). The molecule has 4 heteroatoms. The van der Waals surface area contributed by atoms with Crippen molar-refractivity contribution in [3.8, 4) is 0 Å². The lowest BCUT2D eigenvalue weighted by Crippen LogP contribution is -2.47. The van der Waals surface area contributed by atoms with Crippen molar-refractivity contribution in [2.45, 2.75) is 57.5 Å². The van der Waals surface area contributed by atoms with Crippen LogP contribution in [-0.4, -0.2) is 34.0 Å². The average Bonchev–Trinajstić information content (AvgIpc) is 2.95. The highest BCUT2D eigenvalue weighted by Crippen LogP contribution is 2.45. The minimum Gasteiger partial charge on any atom is -0.481 e. The van der Waals surface area contributed by atoms with Crippen LogP contribution in [0.5, 0.6) is 0 Å². The van der Waals surface area contributed by atoms with Gasteiger partial charge in [0, 0.05) is 24.4 Å². The normalized spacial score (nSPS) is 41.8. The molecule has 4 atom stereocenters. The third kappa shape index (κ3) is 2.02. The Morgan fingerprint density at radius 2 is 1.72 bits per heavy atom. The molecule has 3 aliphatic rings. The summed E-state index contributed by atoms with van der Waals surface area (Å²) < 4.78 is 0. The van der Waals surface area contributed by atoms with Crippen molar-refractivity contribution >= 4 is 11.9 Å². The number of carbonyl (C=O) groups is 2.